The third-order valence-electron chi connectivity index (χ3n) is 7.32. The molecule has 3 atom stereocenters. The number of likely N-dealkylation sites (tertiary alicyclic amines) is 1. The number of benzene rings is 1. The monoisotopic (exact) mass is 497 g/mol. The van der Waals surface area contributed by atoms with Gasteiger partial charge in [-0.1, -0.05) is 42.6 Å². The molecular weight excluding hydrogens is 469 g/mol. The standard InChI is InChI=1S/C25H29Cl2N7/c1-16-15-33(11-8-22(16)32-9-4-3-5-10-32)23-14-29-24-21(13-28)31-34(25(24)30-23)17(2)19-7-6-18(26)12-20(19)27/h6-7,12,14,16-17,22H,3-5,8-11,15H2,1-2H3/t16-,17?,22+/m1/s1. The first-order valence-corrected chi connectivity index (χ1v) is 12.8. The van der Waals surface area contributed by atoms with E-state index in [0.717, 1.165) is 30.9 Å². The van der Waals surface area contributed by atoms with Crippen LogP contribution in [0.1, 0.15) is 56.8 Å². The molecule has 0 spiro atoms. The first-order valence-electron chi connectivity index (χ1n) is 12.1. The van der Waals surface area contributed by atoms with E-state index < -0.39 is 0 Å². The van der Waals surface area contributed by atoms with Gasteiger partial charge in [0.05, 0.1) is 12.2 Å². The van der Waals surface area contributed by atoms with Crippen LogP contribution in [-0.2, 0) is 0 Å². The molecule has 0 bridgehead atoms. The first kappa shape index (κ1) is 23.3. The van der Waals surface area contributed by atoms with E-state index in [2.05, 4.69) is 32.9 Å². The van der Waals surface area contributed by atoms with Crippen LogP contribution in [0.3, 0.4) is 0 Å². The van der Waals surface area contributed by atoms with E-state index in [1.165, 1.54) is 32.4 Å². The SMILES string of the molecule is CC(c1ccc(Cl)cc1Cl)n1nc(C#N)c2ncc(N3CC[C@H](N4CCCCC4)[C@H](C)C3)nc21. The predicted octanol–water partition coefficient (Wildman–Crippen LogP) is 5.31. The Bertz CT molecular complexity index is 1230. The lowest BCUT2D eigenvalue weighted by atomic mass is 9.91. The summed E-state index contributed by atoms with van der Waals surface area (Å²) in [5.41, 5.74) is 2.24. The Morgan fingerprint density at radius 3 is 2.65 bits per heavy atom. The van der Waals surface area contributed by atoms with Crippen LogP contribution >= 0.6 is 23.2 Å². The van der Waals surface area contributed by atoms with Gasteiger partial charge in [0.1, 0.15) is 17.4 Å². The maximum Gasteiger partial charge on any atom is 0.190 e. The van der Waals surface area contributed by atoms with Crippen LogP contribution in [0.4, 0.5) is 5.82 Å². The average Bonchev–Trinajstić information content (AvgIpc) is 3.22. The second-order valence-electron chi connectivity index (χ2n) is 9.52. The molecule has 2 saturated heterocycles. The van der Waals surface area contributed by atoms with Crippen molar-refractivity contribution >= 4 is 40.2 Å². The van der Waals surface area contributed by atoms with E-state index in [1.54, 1.807) is 23.0 Å². The van der Waals surface area contributed by atoms with E-state index in [9.17, 15) is 5.26 Å². The van der Waals surface area contributed by atoms with Gasteiger partial charge in [-0.2, -0.15) is 10.4 Å². The summed E-state index contributed by atoms with van der Waals surface area (Å²) in [4.78, 5) is 14.6. The number of hydrogen-bond donors (Lipinski definition) is 0. The number of nitriles is 1. The summed E-state index contributed by atoms with van der Waals surface area (Å²) in [6.45, 7) is 8.68. The largest absolute Gasteiger partial charge is 0.355 e. The predicted molar refractivity (Wildman–Crippen MR) is 136 cm³/mol. The number of anilines is 1. The molecule has 2 aliphatic heterocycles. The van der Waals surface area contributed by atoms with Crippen molar-refractivity contribution in [1.29, 1.82) is 5.26 Å². The molecule has 2 fully saturated rings. The summed E-state index contributed by atoms with van der Waals surface area (Å²) in [6.07, 6.45) is 6.90. The molecule has 2 aromatic heterocycles. The maximum atomic E-state index is 9.65. The van der Waals surface area contributed by atoms with Crippen LogP contribution in [-0.4, -0.2) is 56.9 Å². The molecule has 1 unspecified atom stereocenters. The van der Waals surface area contributed by atoms with Crippen LogP contribution in [0.2, 0.25) is 10.0 Å². The van der Waals surface area contributed by atoms with Crippen molar-refractivity contribution < 1.29 is 0 Å². The summed E-state index contributed by atoms with van der Waals surface area (Å²) in [7, 11) is 0. The number of aromatic nitrogens is 4. The van der Waals surface area contributed by atoms with Crippen molar-refractivity contribution in [1.82, 2.24) is 24.6 Å². The third kappa shape index (κ3) is 4.35. The Kier molecular flexibility index (Phi) is 6.65. The molecule has 9 heteroatoms. The summed E-state index contributed by atoms with van der Waals surface area (Å²) in [6, 6.07) is 7.98. The highest BCUT2D eigenvalue weighted by Crippen LogP contribution is 2.32. The molecule has 1 aromatic carbocycles. The number of halogens is 2. The second-order valence-corrected chi connectivity index (χ2v) is 10.4. The smallest absolute Gasteiger partial charge is 0.190 e. The van der Waals surface area contributed by atoms with Crippen molar-refractivity contribution in [2.45, 2.75) is 51.6 Å². The highest BCUT2D eigenvalue weighted by Gasteiger charge is 2.32. The quantitative estimate of drug-likeness (QED) is 0.485. The molecular formula is C25H29Cl2N7. The zero-order valence-corrected chi connectivity index (χ0v) is 21.1. The number of fused-ring (bicyclic) bond motifs is 1. The molecule has 5 rings (SSSR count). The van der Waals surface area contributed by atoms with Crippen molar-refractivity contribution in [3.05, 3.63) is 45.7 Å². The summed E-state index contributed by atoms with van der Waals surface area (Å²) >= 11 is 12.6. The minimum atomic E-state index is -0.234. The molecule has 7 nitrogen and oxygen atoms in total. The highest BCUT2D eigenvalue weighted by molar-refractivity contribution is 6.35. The Hall–Kier alpha value is -2.40. The van der Waals surface area contributed by atoms with Gasteiger partial charge >= 0.3 is 0 Å². The Labute approximate surface area is 210 Å². The minimum Gasteiger partial charge on any atom is -0.355 e. The zero-order chi connectivity index (χ0) is 23.8. The topological polar surface area (TPSA) is 73.9 Å². The van der Waals surface area contributed by atoms with Crippen LogP contribution < -0.4 is 4.90 Å². The van der Waals surface area contributed by atoms with Gasteiger partial charge in [0.15, 0.2) is 11.3 Å². The van der Waals surface area contributed by atoms with E-state index >= 15 is 0 Å². The fourth-order valence-corrected chi connectivity index (χ4v) is 6.07. The molecule has 0 N–H and O–H groups in total. The van der Waals surface area contributed by atoms with Crippen LogP contribution in [0.5, 0.6) is 0 Å². The van der Waals surface area contributed by atoms with Crippen molar-refractivity contribution in [2.75, 3.05) is 31.1 Å². The minimum absolute atomic E-state index is 0.234. The Morgan fingerprint density at radius 2 is 1.94 bits per heavy atom. The van der Waals surface area contributed by atoms with E-state index in [-0.39, 0.29) is 11.7 Å². The van der Waals surface area contributed by atoms with Gasteiger partial charge in [-0.3, -0.25) is 4.90 Å². The summed E-state index contributed by atoms with van der Waals surface area (Å²) < 4.78 is 1.75. The van der Waals surface area contributed by atoms with Gasteiger partial charge in [-0.05, 0) is 62.9 Å². The van der Waals surface area contributed by atoms with E-state index in [1.807, 2.05) is 13.0 Å². The molecule has 2 aliphatic rings. The average molecular weight is 498 g/mol. The lowest BCUT2D eigenvalue weighted by Crippen LogP contribution is -2.51. The van der Waals surface area contributed by atoms with E-state index in [4.69, 9.17) is 28.2 Å². The molecule has 3 aromatic rings. The molecule has 4 heterocycles. The zero-order valence-electron chi connectivity index (χ0n) is 19.6. The first-order chi connectivity index (χ1) is 16.5. The van der Waals surface area contributed by atoms with Crippen molar-refractivity contribution in [2.24, 2.45) is 5.92 Å². The number of piperidine rings is 2. The van der Waals surface area contributed by atoms with Crippen LogP contribution in [0, 0.1) is 17.2 Å². The van der Waals surface area contributed by atoms with Gasteiger partial charge in [0.2, 0.25) is 0 Å². The van der Waals surface area contributed by atoms with Crippen molar-refractivity contribution in [3.63, 3.8) is 0 Å². The third-order valence-corrected chi connectivity index (χ3v) is 7.88. The van der Waals surface area contributed by atoms with Gasteiger partial charge in [0.25, 0.3) is 0 Å². The maximum absolute atomic E-state index is 9.65. The number of nitrogens with zero attached hydrogens (tertiary/aromatic N) is 7. The molecule has 0 amide bonds. The Morgan fingerprint density at radius 1 is 1.15 bits per heavy atom. The van der Waals surface area contributed by atoms with Crippen molar-refractivity contribution in [3.8, 4) is 6.07 Å². The van der Waals surface area contributed by atoms with Gasteiger partial charge < -0.3 is 4.90 Å². The Balaban J connectivity index is 1.44. The van der Waals surface area contributed by atoms with Crippen LogP contribution in [0.15, 0.2) is 24.4 Å². The van der Waals surface area contributed by atoms with Gasteiger partial charge in [-0.25, -0.2) is 14.6 Å². The molecule has 0 aliphatic carbocycles. The normalized spacial score (nSPS) is 22.6. The lowest BCUT2D eigenvalue weighted by Gasteiger charge is -2.44. The number of rotatable bonds is 4. The molecule has 178 valence electrons. The van der Waals surface area contributed by atoms with E-state index in [0.29, 0.717) is 33.2 Å². The fourth-order valence-electron chi connectivity index (χ4n) is 5.50. The second kappa shape index (κ2) is 9.69. The molecule has 34 heavy (non-hydrogen) atoms. The van der Waals surface area contributed by atoms with Gasteiger partial charge in [-0.15, -0.1) is 0 Å². The summed E-state index contributed by atoms with van der Waals surface area (Å²) in [5, 5.41) is 15.3. The fraction of sp³-hybridized carbons (Fsp3) is 0.520. The number of hydrogen-bond acceptors (Lipinski definition) is 6. The lowest BCUT2D eigenvalue weighted by molar-refractivity contribution is 0.106. The van der Waals surface area contributed by atoms with Crippen LogP contribution in [0.25, 0.3) is 11.2 Å². The van der Waals surface area contributed by atoms with Gasteiger partial charge in [0, 0.05) is 29.2 Å². The molecule has 0 radical (unpaired) electrons. The summed E-state index contributed by atoms with van der Waals surface area (Å²) in [5.74, 6) is 1.38. The highest BCUT2D eigenvalue weighted by atomic mass is 35.5. The molecule has 0 saturated carbocycles.